The van der Waals surface area contributed by atoms with Gasteiger partial charge in [-0.05, 0) is 32.4 Å². The zero-order chi connectivity index (χ0) is 16.3. The molecule has 7 nitrogen and oxygen atoms in total. The van der Waals surface area contributed by atoms with Gasteiger partial charge in [-0.1, -0.05) is 6.07 Å². The lowest BCUT2D eigenvalue weighted by molar-refractivity contribution is 0.146. The molecule has 2 rings (SSSR count). The average Bonchev–Trinajstić information content (AvgIpc) is 2.98. The van der Waals surface area contributed by atoms with Crippen molar-refractivity contribution < 1.29 is 4.74 Å². The first-order valence-electron chi connectivity index (χ1n) is 8.23. The molecule has 0 aliphatic carbocycles. The Balaban J connectivity index is 1.80. The molecule has 0 unspecified atom stereocenters. The van der Waals surface area contributed by atoms with E-state index >= 15 is 0 Å². The lowest BCUT2D eigenvalue weighted by atomic mass is 10.4. The fourth-order valence-corrected chi connectivity index (χ4v) is 2.20. The number of aromatic nitrogens is 3. The van der Waals surface area contributed by atoms with E-state index in [0.717, 1.165) is 63.1 Å². The maximum absolute atomic E-state index is 5.32. The molecule has 0 aliphatic rings. The van der Waals surface area contributed by atoms with E-state index in [0.29, 0.717) is 0 Å². The molecule has 23 heavy (non-hydrogen) atoms. The first-order valence-corrected chi connectivity index (χ1v) is 8.23. The lowest BCUT2D eigenvalue weighted by Gasteiger charge is -2.10. The van der Waals surface area contributed by atoms with E-state index < -0.39 is 0 Å². The van der Waals surface area contributed by atoms with E-state index in [1.165, 1.54) is 0 Å². The summed E-state index contributed by atoms with van der Waals surface area (Å²) in [4.78, 5) is 4.54. The molecule has 0 radical (unpaired) electrons. The fraction of sp³-hybridized carbons (Fsp3) is 0.562. The number of ether oxygens (including phenoxy) is 1. The van der Waals surface area contributed by atoms with Crippen LogP contribution in [0.3, 0.4) is 0 Å². The van der Waals surface area contributed by atoms with Crippen LogP contribution in [-0.4, -0.2) is 53.4 Å². The minimum Gasteiger partial charge on any atom is -0.382 e. The Kier molecular flexibility index (Phi) is 7.32. The minimum absolute atomic E-state index is 0.753. The van der Waals surface area contributed by atoms with Crippen molar-refractivity contribution in [2.75, 3.05) is 32.8 Å². The third-order valence-electron chi connectivity index (χ3n) is 3.29. The number of guanidine groups is 1. The number of pyridine rings is 1. The standard InChI is InChI=1S/C16H26N6O/c1-3-17-16(18-10-7-13-23-4-2)19-11-9-15-21-20-14-8-5-6-12-22(14)15/h5-6,8,12H,3-4,7,9-11,13H2,1-2H3,(H2,17,18,19). The number of rotatable bonds is 9. The third-order valence-corrected chi connectivity index (χ3v) is 3.29. The van der Waals surface area contributed by atoms with Crippen molar-refractivity contribution in [3.8, 4) is 0 Å². The molecule has 0 saturated heterocycles. The van der Waals surface area contributed by atoms with Gasteiger partial charge in [-0.2, -0.15) is 0 Å². The van der Waals surface area contributed by atoms with Crippen LogP contribution in [-0.2, 0) is 11.2 Å². The number of fused-ring (bicyclic) bond motifs is 1. The zero-order valence-electron chi connectivity index (χ0n) is 14.0. The maximum atomic E-state index is 5.32. The summed E-state index contributed by atoms with van der Waals surface area (Å²) < 4.78 is 7.33. The summed E-state index contributed by atoms with van der Waals surface area (Å²) in [6.07, 6.45) is 3.70. The molecule has 0 atom stereocenters. The van der Waals surface area contributed by atoms with Gasteiger partial charge in [0, 0.05) is 45.5 Å². The van der Waals surface area contributed by atoms with Gasteiger partial charge in [-0.15, -0.1) is 10.2 Å². The first-order chi connectivity index (χ1) is 11.3. The van der Waals surface area contributed by atoms with E-state index in [1.807, 2.05) is 35.7 Å². The second-order valence-corrected chi connectivity index (χ2v) is 5.03. The van der Waals surface area contributed by atoms with Crippen molar-refractivity contribution in [2.45, 2.75) is 26.7 Å². The quantitative estimate of drug-likeness (QED) is 0.413. The van der Waals surface area contributed by atoms with Crippen molar-refractivity contribution in [3.05, 3.63) is 30.2 Å². The van der Waals surface area contributed by atoms with Gasteiger partial charge in [0.15, 0.2) is 11.6 Å². The topological polar surface area (TPSA) is 75.8 Å². The van der Waals surface area contributed by atoms with E-state index in [-0.39, 0.29) is 0 Å². The molecule has 0 bridgehead atoms. The molecular formula is C16H26N6O. The lowest BCUT2D eigenvalue weighted by Crippen LogP contribution is -2.38. The molecule has 2 heterocycles. The van der Waals surface area contributed by atoms with Crippen LogP contribution in [0.25, 0.3) is 5.65 Å². The third kappa shape index (κ3) is 5.52. The van der Waals surface area contributed by atoms with Crippen LogP contribution in [0.15, 0.2) is 29.4 Å². The van der Waals surface area contributed by atoms with Gasteiger partial charge >= 0.3 is 0 Å². The van der Waals surface area contributed by atoms with Crippen molar-refractivity contribution in [3.63, 3.8) is 0 Å². The minimum atomic E-state index is 0.753. The second kappa shape index (κ2) is 9.78. The summed E-state index contributed by atoms with van der Waals surface area (Å²) in [6, 6.07) is 5.90. The van der Waals surface area contributed by atoms with Gasteiger partial charge in [0.2, 0.25) is 0 Å². The monoisotopic (exact) mass is 318 g/mol. The van der Waals surface area contributed by atoms with Gasteiger partial charge < -0.3 is 15.4 Å². The van der Waals surface area contributed by atoms with Crippen molar-refractivity contribution in [1.82, 2.24) is 25.2 Å². The SMILES string of the molecule is CCNC(=NCCCOCC)NCCc1nnc2ccccn12. The fourth-order valence-electron chi connectivity index (χ4n) is 2.20. The number of hydrogen-bond acceptors (Lipinski definition) is 4. The van der Waals surface area contributed by atoms with Crippen molar-refractivity contribution in [1.29, 1.82) is 0 Å². The Hall–Kier alpha value is -2.15. The van der Waals surface area contributed by atoms with Gasteiger partial charge in [0.05, 0.1) is 0 Å². The Bertz CT molecular complexity index is 609. The highest BCUT2D eigenvalue weighted by Gasteiger charge is 2.04. The second-order valence-electron chi connectivity index (χ2n) is 5.03. The zero-order valence-corrected chi connectivity index (χ0v) is 14.0. The van der Waals surface area contributed by atoms with Crippen LogP contribution in [0.1, 0.15) is 26.1 Å². The largest absolute Gasteiger partial charge is 0.382 e. The molecule has 0 spiro atoms. The Morgan fingerprint density at radius 1 is 1.26 bits per heavy atom. The van der Waals surface area contributed by atoms with E-state index in [4.69, 9.17) is 4.74 Å². The molecule has 2 N–H and O–H groups in total. The number of aliphatic imine (C=N–C) groups is 1. The summed E-state index contributed by atoms with van der Waals surface area (Å²) in [5.74, 6) is 1.78. The van der Waals surface area contributed by atoms with Gasteiger partial charge in [-0.3, -0.25) is 9.39 Å². The Morgan fingerprint density at radius 3 is 3.00 bits per heavy atom. The normalized spacial score (nSPS) is 11.8. The highest BCUT2D eigenvalue weighted by atomic mass is 16.5. The molecular weight excluding hydrogens is 292 g/mol. The number of nitrogens with one attached hydrogen (secondary N) is 2. The van der Waals surface area contributed by atoms with E-state index in [9.17, 15) is 0 Å². The first kappa shape index (κ1) is 17.2. The van der Waals surface area contributed by atoms with Crippen LogP contribution in [0.5, 0.6) is 0 Å². The van der Waals surface area contributed by atoms with Crippen LogP contribution >= 0.6 is 0 Å². The molecule has 0 aromatic carbocycles. The maximum Gasteiger partial charge on any atom is 0.191 e. The summed E-state index contributed by atoms with van der Waals surface area (Å²) >= 11 is 0. The van der Waals surface area contributed by atoms with Crippen LogP contribution in [0.4, 0.5) is 0 Å². The molecule has 7 heteroatoms. The molecule has 0 amide bonds. The molecule has 2 aromatic heterocycles. The molecule has 0 fully saturated rings. The van der Waals surface area contributed by atoms with Gasteiger partial charge in [-0.25, -0.2) is 0 Å². The smallest absolute Gasteiger partial charge is 0.191 e. The Morgan fingerprint density at radius 2 is 2.17 bits per heavy atom. The summed E-state index contributed by atoms with van der Waals surface area (Å²) in [5, 5.41) is 15.0. The molecule has 0 aliphatic heterocycles. The van der Waals surface area contributed by atoms with Crippen molar-refractivity contribution in [2.24, 2.45) is 4.99 Å². The van der Waals surface area contributed by atoms with Crippen LogP contribution in [0.2, 0.25) is 0 Å². The highest BCUT2D eigenvalue weighted by Crippen LogP contribution is 2.02. The number of nitrogens with zero attached hydrogens (tertiary/aromatic N) is 4. The number of hydrogen-bond donors (Lipinski definition) is 2. The summed E-state index contributed by atoms with van der Waals surface area (Å²) in [7, 11) is 0. The van der Waals surface area contributed by atoms with Crippen LogP contribution < -0.4 is 10.6 Å². The van der Waals surface area contributed by atoms with Gasteiger partial charge in [0.25, 0.3) is 0 Å². The van der Waals surface area contributed by atoms with Crippen molar-refractivity contribution >= 4 is 11.6 Å². The molecule has 0 saturated carbocycles. The summed E-state index contributed by atoms with van der Waals surface area (Å²) in [6.45, 7) is 7.92. The van der Waals surface area contributed by atoms with Crippen LogP contribution in [0, 0.1) is 0 Å². The van der Waals surface area contributed by atoms with Gasteiger partial charge in [0.1, 0.15) is 5.82 Å². The predicted octanol–water partition coefficient (Wildman–Crippen LogP) is 1.25. The molecule has 2 aromatic rings. The summed E-state index contributed by atoms with van der Waals surface area (Å²) in [5.41, 5.74) is 0.874. The Labute approximate surface area is 137 Å². The molecule has 126 valence electrons. The average molecular weight is 318 g/mol. The van der Waals surface area contributed by atoms with E-state index in [2.05, 4.69) is 32.7 Å². The van der Waals surface area contributed by atoms with E-state index in [1.54, 1.807) is 0 Å². The highest BCUT2D eigenvalue weighted by molar-refractivity contribution is 5.79. The predicted molar refractivity (Wildman–Crippen MR) is 91.8 cm³/mol.